The van der Waals surface area contributed by atoms with Crippen LogP contribution < -0.4 is 0 Å². The second-order valence-electron chi connectivity index (χ2n) is 4.99. The van der Waals surface area contributed by atoms with E-state index in [-0.39, 0.29) is 18.1 Å². The summed E-state index contributed by atoms with van der Waals surface area (Å²) in [6.07, 6.45) is 1.70. The zero-order chi connectivity index (χ0) is 16.2. The van der Waals surface area contributed by atoms with Gasteiger partial charge in [-0.1, -0.05) is 60.7 Å². The number of hydrogen-bond acceptors (Lipinski definition) is 3. The van der Waals surface area contributed by atoms with Gasteiger partial charge in [-0.2, -0.15) is 0 Å². The summed E-state index contributed by atoms with van der Waals surface area (Å²) in [4.78, 5) is 29.6. The minimum absolute atomic E-state index is 0.208. The highest BCUT2D eigenvalue weighted by Crippen LogP contribution is 2.22. The number of amidine groups is 1. The molecule has 0 bridgehead atoms. The maximum Gasteiger partial charge on any atom is 0.278 e. The van der Waals surface area contributed by atoms with Crippen molar-refractivity contribution in [1.29, 1.82) is 0 Å². The van der Waals surface area contributed by atoms with Crippen LogP contribution in [0.15, 0.2) is 71.4 Å². The van der Waals surface area contributed by atoms with Gasteiger partial charge < -0.3 is 0 Å². The fourth-order valence-electron chi connectivity index (χ4n) is 2.34. The van der Waals surface area contributed by atoms with Crippen molar-refractivity contribution < 1.29 is 9.59 Å². The number of benzene rings is 2. The number of rotatable bonds is 4. The molecule has 1 amide bonds. The van der Waals surface area contributed by atoms with Crippen molar-refractivity contribution in [3.05, 3.63) is 77.5 Å². The van der Waals surface area contributed by atoms with E-state index in [9.17, 15) is 9.59 Å². The molecule has 2 aromatic carbocycles. The second kappa shape index (κ2) is 6.58. The maximum absolute atomic E-state index is 12.6. The highest BCUT2D eigenvalue weighted by Gasteiger charge is 2.32. The lowest BCUT2D eigenvalue weighted by atomic mass is 10.2. The van der Waals surface area contributed by atoms with Crippen LogP contribution in [-0.2, 0) is 9.59 Å². The van der Waals surface area contributed by atoms with E-state index in [0.29, 0.717) is 5.84 Å². The Labute approximate surface area is 138 Å². The van der Waals surface area contributed by atoms with Crippen LogP contribution in [0.25, 0.3) is 6.08 Å². The molecule has 0 N–H and O–H groups in total. The average molecular weight is 325 g/mol. The number of nitrogens with zero attached hydrogens (tertiary/aromatic N) is 2. The summed E-state index contributed by atoms with van der Waals surface area (Å²) in [5.41, 5.74) is 1.91. The Kier molecular flexibility index (Phi) is 4.35. The van der Waals surface area contributed by atoms with Crippen LogP contribution in [0.2, 0.25) is 0 Å². The van der Waals surface area contributed by atoms with Crippen LogP contribution in [0.5, 0.6) is 0 Å². The first-order chi connectivity index (χ1) is 11.1. The SMILES string of the molecule is O=C(Cl)CN1C(=O)/C(=C/c2ccccc2)N=C1c1ccccc1. The Bertz CT molecular complexity index is 798. The molecule has 0 aromatic heterocycles. The third-order valence-corrected chi connectivity index (χ3v) is 3.48. The largest absolute Gasteiger partial charge is 0.282 e. The molecule has 0 spiro atoms. The summed E-state index contributed by atoms with van der Waals surface area (Å²) in [5, 5.41) is -0.608. The van der Waals surface area contributed by atoms with Crippen LogP contribution in [0, 0.1) is 0 Å². The molecule has 5 heteroatoms. The van der Waals surface area contributed by atoms with Gasteiger partial charge in [0, 0.05) is 5.56 Å². The molecule has 114 valence electrons. The average Bonchev–Trinajstić information content (AvgIpc) is 2.86. The van der Waals surface area contributed by atoms with Gasteiger partial charge in [0.05, 0.1) is 0 Å². The summed E-state index contributed by atoms with van der Waals surface area (Å²) in [6.45, 7) is -0.208. The van der Waals surface area contributed by atoms with Crippen molar-refractivity contribution in [2.45, 2.75) is 0 Å². The first kappa shape index (κ1) is 15.2. The van der Waals surface area contributed by atoms with Crippen molar-refractivity contribution in [2.75, 3.05) is 6.54 Å². The smallest absolute Gasteiger partial charge is 0.278 e. The number of carbonyl (C=O) groups is 2. The monoisotopic (exact) mass is 324 g/mol. The molecule has 0 atom stereocenters. The van der Waals surface area contributed by atoms with E-state index in [0.717, 1.165) is 11.1 Å². The molecule has 1 heterocycles. The third kappa shape index (κ3) is 3.38. The lowest BCUT2D eigenvalue weighted by Gasteiger charge is -2.15. The molecular weight excluding hydrogens is 312 g/mol. The molecule has 4 nitrogen and oxygen atoms in total. The predicted molar refractivity (Wildman–Crippen MR) is 90.0 cm³/mol. The molecule has 0 radical (unpaired) electrons. The van der Waals surface area contributed by atoms with Gasteiger partial charge in [0.2, 0.25) is 5.24 Å². The van der Waals surface area contributed by atoms with Crippen molar-refractivity contribution in [3.8, 4) is 0 Å². The normalized spacial score (nSPS) is 15.9. The molecule has 0 fully saturated rings. The number of carbonyl (C=O) groups excluding carboxylic acids is 2. The van der Waals surface area contributed by atoms with E-state index in [2.05, 4.69) is 4.99 Å². The number of halogens is 1. The number of hydrogen-bond donors (Lipinski definition) is 0. The van der Waals surface area contributed by atoms with Gasteiger partial charge in [-0.3, -0.25) is 14.5 Å². The van der Waals surface area contributed by atoms with E-state index < -0.39 is 5.24 Å². The molecule has 3 rings (SSSR count). The van der Waals surface area contributed by atoms with Crippen molar-refractivity contribution >= 4 is 34.7 Å². The molecule has 23 heavy (non-hydrogen) atoms. The molecule has 2 aromatic rings. The zero-order valence-corrected chi connectivity index (χ0v) is 12.9. The van der Waals surface area contributed by atoms with Crippen LogP contribution in [0.3, 0.4) is 0 Å². The highest BCUT2D eigenvalue weighted by atomic mass is 35.5. The highest BCUT2D eigenvalue weighted by molar-refractivity contribution is 6.64. The van der Waals surface area contributed by atoms with Gasteiger partial charge in [0.25, 0.3) is 5.91 Å². The van der Waals surface area contributed by atoms with Crippen molar-refractivity contribution in [2.24, 2.45) is 4.99 Å². The van der Waals surface area contributed by atoms with E-state index in [4.69, 9.17) is 11.6 Å². The summed E-state index contributed by atoms with van der Waals surface area (Å²) in [6, 6.07) is 18.7. The summed E-state index contributed by atoms with van der Waals surface area (Å²) >= 11 is 5.48. The maximum atomic E-state index is 12.6. The first-order valence-corrected chi connectivity index (χ1v) is 7.44. The van der Waals surface area contributed by atoms with Gasteiger partial charge in [-0.15, -0.1) is 0 Å². The van der Waals surface area contributed by atoms with E-state index in [1.54, 1.807) is 6.08 Å². The topological polar surface area (TPSA) is 49.7 Å². The predicted octanol–water partition coefficient (Wildman–Crippen LogP) is 3.08. The Hall–Kier alpha value is -2.72. The molecule has 1 aliphatic heterocycles. The second-order valence-corrected chi connectivity index (χ2v) is 5.41. The fourth-order valence-corrected chi connectivity index (χ4v) is 2.46. The van der Waals surface area contributed by atoms with E-state index in [1.165, 1.54) is 4.90 Å². The van der Waals surface area contributed by atoms with Crippen LogP contribution in [-0.4, -0.2) is 28.4 Å². The lowest BCUT2D eigenvalue weighted by molar-refractivity contribution is -0.125. The van der Waals surface area contributed by atoms with E-state index >= 15 is 0 Å². The Balaban J connectivity index is 2.03. The quantitative estimate of drug-likeness (QED) is 0.641. The van der Waals surface area contributed by atoms with E-state index in [1.807, 2.05) is 60.7 Å². The number of amides is 1. The van der Waals surface area contributed by atoms with Crippen molar-refractivity contribution in [1.82, 2.24) is 4.90 Å². The molecule has 0 unspecified atom stereocenters. The number of aliphatic imine (C=N–C) groups is 1. The van der Waals surface area contributed by atoms with Crippen molar-refractivity contribution in [3.63, 3.8) is 0 Å². The zero-order valence-electron chi connectivity index (χ0n) is 12.1. The van der Waals surface area contributed by atoms with Gasteiger partial charge >= 0.3 is 0 Å². The molecular formula is C18H13ClN2O2. The van der Waals surface area contributed by atoms with Gasteiger partial charge in [-0.25, -0.2) is 4.99 Å². The summed E-state index contributed by atoms with van der Waals surface area (Å²) < 4.78 is 0. The molecule has 0 aliphatic carbocycles. The van der Waals surface area contributed by atoms with Gasteiger partial charge in [-0.05, 0) is 23.2 Å². The summed E-state index contributed by atoms with van der Waals surface area (Å²) in [5.74, 6) is 0.105. The molecule has 1 aliphatic rings. The third-order valence-electron chi connectivity index (χ3n) is 3.36. The van der Waals surface area contributed by atoms with Crippen LogP contribution >= 0.6 is 11.6 Å². The first-order valence-electron chi connectivity index (χ1n) is 7.06. The lowest BCUT2D eigenvalue weighted by Crippen LogP contribution is -2.35. The standard InChI is InChI=1S/C18H13ClN2O2/c19-16(22)12-21-17(14-9-5-2-6-10-14)20-15(18(21)23)11-13-7-3-1-4-8-13/h1-11H,12H2/b15-11-. The Morgan fingerprint density at radius 3 is 2.26 bits per heavy atom. The van der Waals surface area contributed by atoms with Gasteiger partial charge in [0.1, 0.15) is 18.1 Å². The Morgan fingerprint density at radius 2 is 1.65 bits per heavy atom. The van der Waals surface area contributed by atoms with Crippen LogP contribution in [0.1, 0.15) is 11.1 Å². The Morgan fingerprint density at radius 1 is 1.04 bits per heavy atom. The summed E-state index contributed by atoms with van der Waals surface area (Å²) in [7, 11) is 0. The molecule has 0 saturated carbocycles. The van der Waals surface area contributed by atoms with Crippen LogP contribution in [0.4, 0.5) is 0 Å². The molecule has 0 saturated heterocycles. The fraction of sp³-hybridized carbons (Fsp3) is 0.0556. The minimum Gasteiger partial charge on any atom is -0.282 e. The minimum atomic E-state index is -0.608. The van der Waals surface area contributed by atoms with Gasteiger partial charge in [0.15, 0.2) is 0 Å².